The van der Waals surface area contributed by atoms with E-state index in [1.807, 2.05) is 6.07 Å². The zero-order valence-electron chi connectivity index (χ0n) is 11.4. The first-order chi connectivity index (χ1) is 8.59. The predicted octanol–water partition coefficient (Wildman–Crippen LogP) is 3.85. The standard InChI is InChI=1S/C15H22O3/c1-12(2)9-10-13(3)11-17-18-15(16)14-7-5-4-6-8-14/h4-8,12-13H,9-11H2,1-3H3. The topological polar surface area (TPSA) is 35.5 Å². The largest absolute Gasteiger partial charge is 0.373 e. The fraction of sp³-hybridized carbons (Fsp3) is 0.533. The van der Waals surface area contributed by atoms with Crippen LogP contribution in [0.4, 0.5) is 0 Å². The van der Waals surface area contributed by atoms with Crippen LogP contribution in [-0.2, 0) is 9.78 Å². The summed E-state index contributed by atoms with van der Waals surface area (Å²) < 4.78 is 0. The minimum Gasteiger partial charge on any atom is -0.293 e. The third-order valence-electron chi connectivity index (χ3n) is 2.73. The van der Waals surface area contributed by atoms with E-state index in [9.17, 15) is 4.79 Å². The van der Waals surface area contributed by atoms with E-state index < -0.39 is 5.97 Å². The van der Waals surface area contributed by atoms with Gasteiger partial charge in [-0.2, -0.15) is 4.89 Å². The van der Waals surface area contributed by atoms with Crippen LogP contribution in [0.3, 0.4) is 0 Å². The summed E-state index contributed by atoms with van der Waals surface area (Å²) in [7, 11) is 0. The first kappa shape index (κ1) is 14.7. The average molecular weight is 250 g/mol. The van der Waals surface area contributed by atoms with Crippen LogP contribution in [0.5, 0.6) is 0 Å². The van der Waals surface area contributed by atoms with Gasteiger partial charge in [0.2, 0.25) is 0 Å². The van der Waals surface area contributed by atoms with E-state index in [0.717, 1.165) is 12.8 Å². The number of rotatable bonds is 7. The van der Waals surface area contributed by atoms with Gasteiger partial charge in [-0.1, -0.05) is 45.4 Å². The highest BCUT2D eigenvalue weighted by molar-refractivity contribution is 5.88. The molecular formula is C15H22O3. The van der Waals surface area contributed by atoms with Crippen LogP contribution >= 0.6 is 0 Å². The summed E-state index contributed by atoms with van der Waals surface area (Å²) in [6.07, 6.45) is 2.25. The van der Waals surface area contributed by atoms with E-state index in [2.05, 4.69) is 20.8 Å². The van der Waals surface area contributed by atoms with Crippen molar-refractivity contribution < 1.29 is 14.6 Å². The maximum Gasteiger partial charge on any atom is 0.373 e. The van der Waals surface area contributed by atoms with E-state index in [-0.39, 0.29) is 0 Å². The molecule has 0 aliphatic carbocycles. The molecule has 1 rings (SSSR count). The van der Waals surface area contributed by atoms with Gasteiger partial charge >= 0.3 is 5.97 Å². The van der Waals surface area contributed by atoms with Crippen molar-refractivity contribution in [2.45, 2.75) is 33.6 Å². The molecule has 0 heterocycles. The summed E-state index contributed by atoms with van der Waals surface area (Å²) in [4.78, 5) is 21.3. The van der Waals surface area contributed by atoms with Crippen molar-refractivity contribution in [3.63, 3.8) is 0 Å². The number of carbonyl (C=O) groups is 1. The Labute approximate surface area is 109 Å². The first-order valence-corrected chi connectivity index (χ1v) is 6.48. The molecule has 0 aromatic heterocycles. The van der Waals surface area contributed by atoms with Crippen molar-refractivity contribution in [1.29, 1.82) is 0 Å². The smallest absolute Gasteiger partial charge is 0.293 e. The van der Waals surface area contributed by atoms with E-state index >= 15 is 0 Å². The van der Waals surface area contributed by atoms with Crippen LogP contribution in [0.2, 0.25) is 0 Å². The lowest BCUT2D eigenvalue weighted by Gasteiger charge is -2.12. The van der Waals surface area contributed by atoms with Gasteiger partial charge < -0.3 is 0 Å². The molecule has 0 fully saturated rings. The molecular weight excluding hydrogens is 228 g/mol. The van der Waals surface area contributed by atoms with Gasteiger partial charge in [0, 0.05) is 0 Å². The molecule has 0 spiro atoms. The molecule has 1 atom stereocenters. The lowest BCUT2D eigenvalue weighted by molar-refractivity contribution is -0.248. The van der Waals surface area contributed by atoms with Gasteiger partial charge in [0.05, 0.1) is 12.2 Å². The fourth-order valence-corrected chi connectivity index (χ4v) is 1.53. The highest BCUT2D eigenvalue weighted by Gasteiger charge is 2.09. The van der Waals surface area contributed by atoms with Gasteiger partial charge in [-0.05, 0) is 30.4 Å². The van der Waals surface area contributed by atoms with Gasteiger partial charge in [-0.25, -0.2) is 4.79 Å². The lowest BCUT2D eigenvalue weighted by Crippen LogP contribution is -2.11. The normalized spacial score (nSPS) is 12.4. The lowest BCUT2D eigenvalue weighted by atomic mass is 10.0. The summed E-state index contributed by atoms with van der Waals surface area (Å²) in [5.74, 6) is 0.655. The minimum absolute atomic E-state index is 0.399. The number of carbonyl (C=O) groups excluding carboxylic acids is 1. The molecule has 100 valence electrons. The Morgan fingerprint density at radius 2 is 1.78 bits per heavy atom. The molecule has 3 heteroatoms. The average Bonchev–Trinajstić information content (AvgIpc) is 2.37. The Balaban J connectivity index is 2.20. The summed E-state index contributed by atoms with van der Waals surface area (Å²) in [6.45, 7) is 6.94. The van der Waals surface area contributed by atoms with Crippen LogP contribution in [0, 0.1) is 11.8 Å². The summed E-state index contributed by atoms with van der Waals surface area (Å²) in [5, 5.41) is 0. The van der Waals surface area contributed by atoms with Crippen LogP contribution in [-0.4, -0.2) is 12.6 Å². The molecule has 1 aromatic carbocycles. The van der Waals surface area contributed by atoms with Crippen LogP contribution in [0.25, 0.3) is 0 Å². The number of hydrogen-bond donors (Lipinski definition) is 0. The fourth-order valence-electron chi connectivity index (χ4n) is 1.53. The van der Waals surface area contributed by atoms with Gasteiger partial charge in [-0.15, -0.1) is 0 Å². The number of hydrogen-bond acceptors (Lipinski definition) is 3. The molecule has 0 saturated carbocycles. The van der Waals surface area contributed by atoms with Crippen LogP contribution < -0.4 is 0 Å². The molecule has 0 amide bonds. The summed E-state index contributed by atoms with van der Waals surface area (Å²) in [5.41, 5.74) is 0.507. The highest BCUT2D eigenvalue weighted by Crippen LogP contribution is 2.12. The monoisotopic (exact) mass is 250 g/mol. The highest BCUT2D eigenvalue weighted by atomic mass is 17.2. The van der Waals surface area contributed by atoms with Gasteiger partial charge in [-0.3, -0.25) is 4.89 Å². The molecule has 0 radical (unpaired) electrons. The molecule has 1 unspecified atom stereocenters. The van der Waals surface area contributed by atoms with Gasteiger partial charge in [0.15, 0.2) is 0 Å². The molecule has 0 bridgehead atoms. The van der Waals surface area contributed by atoms with E-state index in [1.165, 1.54) is 0 Å². The molecule has 0 saturated heterocycles. The molecule has 1 aromatic rings. The quantitative estimate of drug-likeness (QED) is 0.544. The zero-order valence-corrected chi connectivity index (χ0v) is 11.4. The zero-order chi connectivity index (χ0) is 13.4. The van der Waals surface area contributed by atoms with Gasteiger partial charge in [0.25, 0.3) is 0 Å². The van der Waals surface area contributed by atoms with E-state index in [1.54, 1.807) is 24.3 Å². The van der Waals surface area contributed by atoms with Crippen molar-refractivity contribution >= 4 is 5.97 Å². The Morgan fingerprint density at radius 1 is 1.11 bits per heavy atom. The second-order valence-corrected chi connectivity index (χ2v) is 5.10. The second kappa shape index (κ2) is 7.88. The predicted molar refractivity (Wildman–Crippen MR) is 71.0 cm³/mol. The van der Waals surface area contributed by atoms with Crippen molar-refractivity contribution in [2.24, 2.45) is 11.8 Å². The first-order valence-electron chi connectivity index (χ1n) is 6.48. The third kappa shape index (κ3) is 5.82. The Kier molecular flexibility index (Phi) is 6.44. The Morgan fingerprint density at radius 3 is 2.39 bits per heavy atom. The van der Waals surface area contributed by atoms with Crippen molar-refractivity contribution in [3.8, 4) is 0 Å². The third-order valence-corrected chi connectivity index (χ3v) is 2.73. The van der Waals surface area contributed by atoms with Crippen LogP contribution in [0.15, 0.2) is 30.3 Å². The van der Waals surface area contributed by atoms with Crippen molar-refractivity contribution in [2.75, 3.05) is 6.61 Å². The molecule has 3 nitrogen and oxygen atoms in total. The second-order valence-electron chi connectivity index (χ2n) is 5.10. The van der Waals surface area contributed by atoms with E-state index in [4.69, 9.17) is 9.78 Å². The number of benzene rings is 1. The SMILES string of the molecule is CC(C)CCC(C)COOC(=O)c1ccccc1. The van der Waals surface area contributed by atoms with Crippen molar-refractivity contribution in [1.82, 2.24) is 0 Å². The Bertz CT molecular complexity index is 346. The molecule has 18 heavy (non-hydrogen) atoms. The minimum atomic E-state index is -0.438. The molecule has 0 aliphatic rings. The molecule has 0 aliphatic heterocycles. The molecule has 0 N–H and O–H groups in total. The summed E-state index contributed by atoms with van der Waals surface area (Å²) >= 11 is 0. The summed E-state index contributed by atoms with van der Waals surface area (Å²) in [6, 6.07) is 8.84. The Hall–Kier alpha value is -1.35. The maximum absolute atomic E-state index is 11.5. The van der Waals surface area contributed by atoms with Gasteiger partial charge in [0.1, 0.15) is 0 Å². The maximum atomic E-state index is 11.5. The van der Waals surface area contributed by atoms with Crippen molar-refractivity contribution in [3.05, 3.63) is 35.9 Å². The van der Waals surface area contributed by atoms with Crippen LogP contribution in [0.1, 0.15) is 44.0 Å². The van der Waals surface area contributed by atoms with E-state index in [0.29, 0.717) is 24.0 Å².